The van der Waals surface area contributed by atoms with Crippen LogP contribution in [-0.4, -0.2) is 13.0 Å². The Balaban J connectivity index is 2.33. The van der Waals surface area contributed by atoms with Crippen molar-refractivity contribution in [3.63, 3.8) is 0 Å². The fraction of sp³-hybridized carbons (Fsp3) is 0.235. The van der Waals surface area contributed by atoms with Crippen molar-refractivity contribution in [3.8, 4) is 16.9 Å². The Labute approximate surface area is 123 Å². The summed E-state index contributed by atoms with van der Waals surface area (Å²) >= 11 is 0. The molecule has 1 N–H and O–H groups in total. The molecule has 0 aromatic heterocycles. The molecule has 0 radical (unpaired) electrons. The van der Waals surface area contributed by atoms with E-state index < -0.39 is 0 Å². The third kappa shape index (κ3) is 3.40. The molecular formula is C17H18FNO2. The van der Waals surface area contributed by atoms with Gasteiger partial charge in [0.2, 0.25) is 5.91 Å². The summed E-state index contributed by atoms with van der Waals surface area (Å²) < 4.78 is 19.2. The molecule has 21 heavy (non-hydrogen) atoms. The first-order valence-electron chi connectivity index (χ1n) is 6.73. The first kappa shape index (κ1) is 15.0. The Hall–Kier alpha value is -2.36. The second-order valence-corrected chi connectivity index (χ2v) is 4.86. The van der Waals surface area contributed by atoms with E-state index in [2.05, 4.69) is 5.32 Å². The van der Waals surface area contributed by atoms with Gasteiger partial charge in [0.25, 0.3) is 0 Å². The summed E-state index contributed by atoms with van der Waals surface area (Å²) in [6.45, 7) is 3.38. The van der Waals surface area contributed by atoms with E-state index in [1.54, 1.807) is 12.1 Å². The van der Waals surface area contributed by atoms with Gasteiger partial charge in [0, 0.05) is 6.92 Å². The number of amides is 1. The first-order valence-corrected chi connectivity index (χ1v) is 6.73. The van der Waals surface area contributed by atoms with E-state index in [1.807, 2.05) is 31.2 Å². The Morgan fingerprint density at radius 2 is 1.86 bits per heavy atom. The van der Waals surface area contributed by atoms with Gasteiger partial charge in [-0.1, -0.05) is 30.3 Å². The summed E-state index contributed by atoms with van der Waals surface area (Å²) in [5, 5.41) is 2.81. The molecule has 2 aromatic carbocycles. The zero-order valence-electron chi connectivity index (χ0n) is 12.3. The molecule has 0 saturated heterocycles. The number of carbonyl (C=O) groups is 1. The number of benzene rings is 2. The SMILES string of the molecule is COc1cccc(F)c1-c1ccc([C@H](C)NC(C)=O)cc1. The molecule has 0 fully saturated rings. The van der Waals surface area contributed by atoms with Gasteiger partial charge in [-0.15, -0.1) is 0 Å². The monoisotopic (exact) mass is 287 g/mol. The third-order valence-electron chi connectivity index (χ3n) is 3.31. The van der Waals surface area contributed by atoms with E-state index in [0.29, 0.717) is 11.3 Å². The van der Waals surface area contributed by atoms with Crippen molar-refractivity contribution in [3.05, 3.63) is 53.8 Å². The lowest BCUT2D eigenvalue weighted by Crippen LogP contribution is -2.23. The van der Waals surface area contributed by atoms with Gasteiger partial charge in [0.1, 0.15) is 11.6 Å². The standard InChI is InChI=1S/C17H18FNO2/c1-11(19-12(2)20)13-7-9-14(10-8-13)17-15(18)5-4-6-16(17)21-3/h4-11H,1-3H3,(H,19,20)/t11-/m0/s1. The highest BCUT2D eigenvalue weighted by molar-refractivity contribution is 5.74. The highest BCUT2D eigenvalue weighted by atomic mass is 19.1. The lowest BCUT2D eigenvalue weighted by molar-refractivity contribution is -0.119. The summed E-state index contributed by atoms with van der Waals surface area (Å²) in [6.07, 6.45) is 0. The number of halogens is 1. The van der Waals surface area contributed by atoms with Crippen molar-refractivity contribution in [1.29, 1.82) is 0 Å². The number of carbonyl (C=O) groups excluding carboxylic acids is 1. The lowest BCUT2D eigenvalue weighted by atomic mass is 10.00. The summed E-state index contributed by atoms with van der Waals surface area (Å²) in [5.41, 5.74) is 2.15. The minimum Gasteiger partial charge on any atom is -0.496 e. The highest BCUT2D eigenvalue weighted by Gasteiger charge is 2.12. The number of hydrogen-bond acceptors (Lipinski definition) is 2. The van der Waals surface area contributed by atoms with E-state index in [1.165, 1.54) is 20.1 Å². The van der Waals surface area contributed by atoms with E-state index in [9.17, 15) is 9.18 Å². The molecule has 0 aliphatic heterocycles. The van der Waals surface area contributed by atoms with Gasteiger partial charge in [0.15, 0.2) is 0 Å². The van der Waals surface area contributed by atoms with Crippen molar-refractivity contribution in [2.45, 2.75) is 19.9 Å². The van der Waals surface area contributed by atoms with E-state index >= 15 is 0 Å². The molecule has 4 heteroatoms. The normalized spacial score (nSPS) is 11.8. The van der Waals surface area contributed by atoms with Crippen LogP contribution in [0.15, 0.2) is 42.5 Å². The van der Waals surface area contributed by atoms with Crippen molar-refractivity contribution >= 4 is 5.91 Å². The van der Waals surface area contributed by atoms with Gasteiger partial charge in [-0.3, -0.25) is 4.79 Å². The van der Waals surface area contributed by atoms with Crippen LogP contribution in [0.3, 0.4) is 0 Å². The average Bonchev–Trinajstić information content (AvgIpc) is 2.46. The molecule has 0 saturated carbocycles. The maximum absolute atomic E-state index is 14.0. The maximum Gasteiger partial charge on any atom is 0.217 e. The van der Waals surface area contributed by atoms with Crippen LogP contribution >= 0.6 is 0 Å². The zero-order chi connectivity index (χ0) is 15.4. The molecule has 1 atom stereocenters. The van der Waals surface area contributed by atoms with Gasteiger partial charge in [-0.05, 0) is 30.2 Å². The third-order valence-corrected chi connectivity index (χ3v) is 3.31. The second kappa shape index (κ2) is 6.39. The van der Waals surface area contributed by atoms with Crippen molar-refractivity contribution in [2.24, 2.45) is 0 Å². The molecule has 0 heterocycles. The van der Waals surface area contributed by atoms with Crippen LogP contribution < -0.4 is 10.1 Å². The minimum atomic E-state index is -0.322. The molecular weight excluding hydrogens is 269 g/mol. The minimum absolute atomic E-state index is 0.0812. The Kier molecular flexibility index (Phi) is 4.58. The number of nitrogens with one attached hydrogen (secondary N) is 1. The molecule has 0 aliphatic carbocycles. The molecule has 1 amide bonds. The van der Waals surface area contributed by atoms with E-state index in [4.69, 9.17) is 4.74 Å². The Bertz CT molecular complexity index is 638. The first-order chi connectivity index (χ1) is 10.0. The van der Waals surface area contributed by atoms with Crippen LogP contribution in [0.4, 0.5) is 4.39 Å². The summed E-state index contributed by atoms with van der Waals surface area (Å²) in [5.74, 6) is 0.0945. The van der Waals surface area contributed by atoms with Gasteiger partial charge in [-0.25, -0.2) is 4.39 Å². The lowest BCUT2D eigenvalue weighted by Gasteiger charge is -2.14. The molecule has 0 unspecified atom stereocenters. The van der Waals surface area contributed by atoms with E-state index in [-0.39, 0.29) is 17.8 Å². The summed E-state index contributed by atoms with van der Waals surface area (Å²) in [4.78, 5) is 11.1. The molecule has 2 rings (SSSR count). The number of rotatable bonds is 4. The Morgan fingerprint density at radius 3 is 2.43 bits per heavy atom. The molecule has 110 valence electrons. The van der Waals surface area contributed by atoms with Crippen molar-refractivity contribution in [1.82, 2.24) is 5.32 Å². The van der Waals surface area contributed by atoms with Crippen LogP contribution in [0.25, 0.3) is 11.1 Å². The highest BCUT2D eigenvalue weighted by Crippen LogP contribution is 2.32. The summed E-state index contributed by atoms with van der Waals surface area (Å²) in [6, 6.07) is 12.1. The average molecular weight is 287 g/mol. The van der Waals surface area contributed by atoms with Crippen LogP contribution in [0.5, 0.6) is 5.75 Å². The number of hydrogen-bond donors (Lipinski definition) is 1. The fourth-order valence-corrected chi connectivity index (χ4v) is 2.28. The van der Waals surface area contributed by atoms with E-state index in [0.717, 1.165) is 11.1 Å². The van der Waals surface area contributed by atoms with Crippen LogP contribution in [0.2, 0.25) is 0 Å². The predicted molar refractivity (Wildman–Crippen MR) is 80.6 cm³/mol. The molecule has 2 aromatic rings. The Morgan fingerprint density at radius 1 is 1.19 bits per heavy atom. The van der Waals surface area contributed by atoms with Gasteiger partial charge >= 0.3 is 0 Å². The maximum atomic E-state index is 14.0. The molecule has 0 spiro atoms. The zero-order valence-corrected chi connectivity index (χ0v) is 12.3. The smallest absolute Gasteiger partial charge is 0.217 e. The number of methoxy groups -OCH3 is 1. The topological polar surface area (TPSA) is 38.3 Å². The largest absolute Gasteiger partial charge is 0.496 e. The van der Waals surface area contributed by atoms with Gasteiger partial charge < -0.3 is 10.1 Å². The van der Waals surface area contributed by atoms with Crippen LogP contribution in [0, 0.1) is 5.82 Å². The summed E-state index contributed by atoms with van der Waals surface area (Å²) in [7, 11) is 1.52. The van der Waals surface area contributed by atoms with Gasteiger partial charge in [-0.2, -0.15) is 0 Å². The van der Waals surface area contributed by atoms with Crippen LogP contribution in [0.1, 0.15) is 25.5 Å². The van der Waals surface area contributed by atoms with Crippen LogP contribution in [-0.2, 0) is 4.79 Å². The van der Waals surface area contributed by atoms with Crippen molar-refractivity contribution < 1.29 is 13.9 Å². The quantitative estimate of drug-likeness (QED) is 0.931. The fourth-order valence-electron chi connectivity index (χ4n) is 2.28. The second-order valence-electron chi connectivity index (χ2n) is 4.86. The molecule has 0 aliphatic rings. The van der Waals surface area contributed by atoms with Crippen molar-refractivity contribution in [2.75, 3.05) is 7.11 Å². The molecule has 0 bridgehead atoms. The van der Waals surface area contributed by atoms with Gasteiger partial charge in [0.05, 0.1) is 18.7 Å². The predicted octanol–water partition coefficient (Wildman–Crippen LogP) is 3.70. The number of ether oxygens (including phenoxy) is 1. The molecule has 3 nitrogen and oxygen atoms in total.